The van der Waals surface area contributed by atoms with E-state index in [0.717, 1.165) is 43.0 Å². The number of piperazine rings is 1. The van der Waals surface area contributed by atoms with E-state index in [1.807, 2.05) is 35.1 Å². The molecule has 3 heterocycles. The third-order valence-electron chi connectivity index (χ3n) is 4.52. The summed E-state index contributed by atoms with van der Waals surface area (Å²) in [5.41, 5.74) is 4.34. The van der Waals surface area contributed by atoms with E-state index >= 15 is 0 Å². The molecular formula is C18H22ClN5. The standard InChI is InChI=1S/C18H21N5.ClH/c1-14-9-19-7-8-22(14)12-15-10-20-18-17(11-21-23(18)13-15)16-5-3-2-4-6-16;/h2-6,10-11,13-14,19H,7-9,12H2,1H3;1H. The lowest BCUT2D eigenvalue weighted by Gasteiger charge is -2.33. The SMILES string of the molecule is CC1CNCCN1Cc1cnc2c(-c3ccccc3)cnn2c1.Cl. The van der Waals surface area contributed by atoms with E-state index in [4.69, 9.17) is 0 Å². The number of nitrogens with one attached hydrogen (secondary N) is 1. The molecule has 1 fully saturated rings. The maximum Gasteiger partial charge on any atom is 0.162 e. The molecule has 0 aliphatic carbocycles. The number of aromatic nitrogens is 3. The van der Waals surface area contributed by atoms with Gasteiger partial charge in [-0.15, -0.1) is 12.4 Å². The van der Waals surface area contributed by atoms with Gasteiger partial charge in [-0.1, -0.05) is 30.3 Å². The summed E-state index contributed by atoms with van der Waals surface area (Å²) in [6, 6.07) is 10.8. The van der Waals surface area contributed by atoms with Gasteiger partial charge in [0.2, 0.25) is 0 Å². The Bertz CT molecular complexity index is 802. The van der Waals surface area contributed by atoms with Gasteiger partial charge in [-0.25, -0.2) is 9.50 Å². The van der Waals surface area contributed by atoms with Crippen LogP contribution in [0.4, 0.5) is 0 Å². The Morgan fingerprint density at radius 3 is 2.83 bits per heavy atom. The van der Waals surface area contributed by atoms with Crippen LogP contribution < -0.4 is 5.32 Å². The van der Waals surface area contributed by atoms with E-state index in [1.165, 1.54) is 5.56 Å². The molecule has 0 radical (unpaired) electrons. The minimum absolute atomic E-state index is 0. The van der Waals surface area contributed by atoms with Crippen LogP contribution in [0, 0.1) is 0 Å². The predicted octanol–water partition coefficient (Wildman–Crippen LogP) is 2.61. The molecule has 126 valence electrons. The Labute approximate surface area is 148 Å². The quantitative estimate of drug-likeness (QED) is 0.794. The summed E-state index contributed by atoms with van der Waals surface area (Å²) in [6.07, 6.45) is 5.98. The number of hydrogen-bond acceptors (Lipinski definition) is 4. The Balaban J connectivity index is 0.00000169. The Hall–Kier alpha value is -1.95. The van der Waals surface area contributed by atoms with Crippen molar-refractivity contribution in [2.24, 2.45) is 0 Å². The highest BCUT2D eigenvalue weighted by atomic mass is 35.5. The average molecular weight is 344 g/mol. The minimum atomic E-state index is 0. The molecular weight excluding hydrogens is 322 g/mol. The molecule has 1 atom stereocenters. The number of rotatable bonds is 3. The number of fused-ring (bicyclic) bond motifs is 1. The molecule has 3 aromatic rings. The van der Waals surface area contributed by atoms with Gasteiger partial charge in [0.15, 0.2) is 5.65 Å². The smallest absolute Gasteiger partial charge is 0.162 e. The van der Waals surface area contributed by atoms with Crippen LogP contribution in [0.2, 0.25) is 0 Å². The molecule has 4 rings (SSSR count). The summed E-state index contributed by atoms with van der Waals surface area (Å²) in [5, 5.41) is 7.92. The third-order valence-corrected chi connectivity index (χ3v) is 4.52. The van der Waals surface area contributed by atoms with E-state index in [0.29, 0.717) is 6.04 Å². The molecule has 24 heavy (non-hydrogen) atoms. The first-order valence-electron chi connectivity index (χ1n) is 8.14. The van der Waals surface area contributed by atoms with Crippen LogP contribution in [0.25, 0.3) is 16.8 Å². The normalized spacial score (nSPS) is 18.5. The van der Waals surface area contributed by atoms with Crippen LogP contribution >= 0.6 is 12.4 Å². The highest BCUT2D eigenvalue weighted by Gasteiger charge is 2.18. The van der Waals surface area contributed by atoms with Crippen molar-refractivity contribution >= 4 is 18.1 Å². The molecule has 6 heteroatoms. The van der Waals surface area contributed by atoms with Crippen molar-refractivity contribution in [2.45, 2.75) is 19.5 Å². The second-order valence-corrected chi connectivity index (χ2v) is 6.18. The van der Waals surface area contributed by atoms with E-state index in [2.05, 4.69) is 45.6 Å². The van der Waals surface area contributed by atoms with Gasteiger partial charge in [0, 0.05) is 55.7 Å². The van der Waals surface area contributed by atoms with Crippen LogP contribution in [-0.4, -0.2) is 45.2 Å². The van der Waals surface area contributed by atoms with Gasteiger partial charge >= 0.3 is 0 Å². The van der Waals surface area contributed by atoms with E-state index < -0.39 is 0 Å². The van der Waals surface area contributed by atoms with Gasteiger partial charge in [0.25, 0.3) is 0 Å². The molecule has 1 saturated heterocycles. The van der Waals surface area contributed by atoms with Crippen molar-refractivity contribution in [3.63, 3.8) is 0 Å². The molecule has 1 unspecified atom stereocenters. The molecule has 0 bridgehead atoms. The van der Waals surface area contributed by atoms with Crippen molar-refractivity contribution < 1.29 is 0 Å². The molecule has 0 amide bonds. The third kappa shape index (κ3) is 3.29. The monoisotopic (exact) mass is 343 g/mol. The molecule has 1 aromatic carbocycles. The second kappa shape index (κ2) is 7.30. The zero-order valence-electron chi connectivity index (χ0n) is 13.7. The molecule has 1 aliphatic heterocycles. The van der Waals surface area contributed by atoms with Gasteiger partial charge in [-0.3, -0.25) is 4.90 Å². The summed E-state index contributed by atoms with van der Waals surface area (Å²) in [4.78, 5) is 7.15. The highest BCUT2D eigenvalue weighted by Crippen LogP contribution is 2.23. The summed E-state index contributed by atoms with van der Waals surface area (Å²) in [7, 11) is 0. The Morgan fingerprint density at radius 2 is 2.04 bits per heavy atom. The van der Waals surface area contributed by atoms with Crippen molar-refractivity contribution in [1.29, 1.82) is 0 Å². The topological polar surface area (TPSA) is 45.5 Å². The lowest BCUT2D eigenvalue weighted by molar-refractivity contribution is 0.165. The fourth-order valence-corrected chi connectivity index (χ4v) is 3.17. The molecule has 1 N–H and O–H groups in total. The van der Waals surface area contributed by atoms with Crippen LogP contribution in [-0.2, 0) is 6.54 Å². The largest absolute Gasteiger partial charge is 0.314 e. The maximum absolute atomic E-state index is 4.67. The zero-order valence-corrected chi connectivity index (χ0v) is 14.5. The van der Waals surface area contributed by atoms with Crippen LogP contribution in [0.3, 0.4) is 0 Å². The first-order valence-corrected chi connectivity index (χ1v) is 8.14. The van der Waals surface area contributed by atoms with Crippen molar-refractivity contribution in [3.05, 3.63) is 54.5 Å². The van der Waals surface area contributed by atoms with E-state index in [9.17, 15) is 0 Å². The second-order valence-electron chi connectivity index (χ2n) is 6.18. The zero-order chi connectivity index (χ0) is 15.6. The van der Waals surface area contributed by atoms with Gasteiger partial charge in [0.05, 0.1) is 6.20 Å². The lowest BCUT2D eigenvalue weighted by atomic mass is 10.1. The number of hydrogen-bond donors (Lipinski definition) is 1. The van der Waals surface area contributed by atoms with E-state index in [-0.39, 0.29) is 12.4 Å². The van der Waals surface area contributed by atoms with E-state index in [1.54, 1.807) is 0 Å². The van der Waals surface area contributed by atoms with Crippen LogP contribution in [0.5, 0.6) is 0 Å². The van der Waals surface area contributed by atoms with Crippen LogP contribution in [0.1, 0.15) is 12.5 Å². The van der Waals surface area contributed by atoms with Gasteiger partial charge in [-0.05, 0) is 12.5 Å². The van der Waals surface area contributed by atoms with Gasteiger partial charge in [-0.2, -0.15) is 5.10 Å². The summed E-state index contributed by atoms with van der Waals surface area (Å²) >= 11 is 0. The van der Waals surface area contributed by atoms with Crippen molar-refractivity contribution in [2.75, 3.05) is 19.6 Å². The molecule has 0 spiro atoms. The van der Waals surface area contributed by atoms with Crippen LogP contribution in [0.15, 0.2) is 48.9 Å². The fraction of sp³-hybridized carbons (Fsp3) is 0.333. The number of benzene rings is 1. The summed E-state index contributed by atoms with van der Waals surface area (Å²) < 4.78 is 1.89. The molecule has 5 nitrogen and oxygen atoms in total. The van der Waals surface area contributed by atoms with Crippen molar-refractivity contribution in [1.82, 2.24) is 24.8 Å². The van der Waals surface area contributed by atoms with Gasteiger partial charge in [0.1, 0.15) is 0 Å². The lowest BCUT2D eigenvalue weighted by Crippen LogP contribution is -2.49. The molecule has 0 saturated carbocycles. The number of halogens is 1. The molecule has 2 aromatic heterocycles. The highest BCUT2D eigenvalue weighted by molar-refractivity contribution is 5.85. The molecule has 1 aliphatic rings. The minimum Gasteiger partial charge on any atom is -0.314 e. The predicted molar refractivity (Wildman–Crippen MR) is 98.4 cm³/mol. The van der Waals surface area contributed by atoms with Gasteiger partial charge < -0.3 is 5.32 Å². The fourth-order valence-electron chi connectivity index (χ4n) is 3.17. The average Bonchev–Trinajstić information content (AvgIpc) is 3.01. The Morgan fingerprint density at radius 1 is 1.21 bits per heavy atom. The first-order chi connectivity index (χ1) is 11.3. The maximum atomic E-state index is 4.67. The summed E-state index contributed by atoms with van der Waals surface area (Å²) in [6.45, 7) is 6.37. The Kier molecular flexibility index (Phi) is 5.14. The first kappa shape index (κ1) is 16.9. The summed E-state index contributed by atoms with van der Waals surface area (Å²) in [5.74, 6) is 0. The van der Waals surface area contributed by atoms with Crippen molar-refractivity contribution in [3.8, 4) is 11.1 Å². The number of nitrogens with zero attached hydrogens (tertiary/aromatic N) is 4.